The van der Waals surface area contributed by atoms with Crippen molar-refractivity contribution < 1.29 is 14.7 Å². The molecule has 0 heterocycles. The molecule has 114 valence electrons. The van der Waals surface area contributed by atoms with Gasteiger partial charge in [0.2, 0.25) is 0 Å². The topological polar surface area (TPSA) is 78.4 Å². The zero-order valence-electron chi connectivity index (χ0n) is 12.5. The highest BCUT2D eigenvalue weighted by atomic mass is 16.4. The summed E-state index contributed by atoms with van der Waals surface area (Å²) in [6, 6.07) is 7.22. The molecule has 2 amide bonds. The highest BCUT2D eigenvalue weighted by molar-refractivity contribution is 5.79. The Labute approximate surface area is 124 Å². The minimum Gasteiger partial charge on any atom is -0.481 e. The maximum Gasteiger partial charge on any atom is 0.315 e. The van der Waals surface area contributed by atoms with Gasteiger partial charge in [0.05, 0.1) is 5.41 Å². The van der Waals surface area contributed by atoms with E-state index in [1.807, 2.05) is 31.2 Å². The Bertz CT molecular complexity index is 544. The molecular weight excluding hydrogens is 268 g/mol. The van der Waals surface area contributed by atoms with E-state index in [1.165, 1.54) is 0 Å². The average molecular weight is 290 g/mol. The lowest BCUT2D eigenvalue weighted by molar-refractivity contribution is -0.148. The fourth-order valence-corrected chi connectivity index (χ4v) is 2.85. The van der Waals surface area contributed by atoms with Gasteiger partial charge in [-0.3, -0.25) is 4.79 Å². The lowest BCUT2D eigenvalue weighted by atomic mass is 9.85. The Kier molecular flexibility index (Phi) is 4.50. The van der Waals surface area contributed by atoms with Gasteiger partial charge < -0.3 is 15.7 Å². The normalized spacial score (nSPS) is 24.6. The van der Waals surface area contributed by atoms with E-state index in [-0.39, 0.29) is 12.1 Å². The number of aliphatic carboxylic acids is 1. The maximum atomic E-state index is 12.0. The fourth-order valence-electron chi connectivity index (χ4n) is 2.85. The van der Waals surface area contributed by atoms with Crippen LogP contribution in [0, 0.1) is 12.3 Å². The molecule has 0 spiro atoms. The monoisotopic (exact) mass is 290 g/mol. The molecule has 0 aliphatic heterocycles. The summed E-state index contributed by atoms with van der Waals surface area (Å²) >= 11 is 0. The van der Waals surface area contributed by atoms with Gasteiger partial charge in [-0.2, -0.15) is 0 Å². The fraction of sp³-hybridized carbons (Fsp3) is 0.500. The lowest BCUT2D eigenvalue weighted by Gasteiger charge is -2.27. The van der Waals surface area contributed by atoms with Gasteiger partial charge >= 0.3 is 12.0 Å². The van der Waals surface area contributed by atoms with Gasteiger partial charge in [-0.1, -0.05) is 30.7 Å². The zero-order valence-corrected chi connectivity index (χ0v) is 12.5. The molecule has 2 atom stereocenters. The third kappa shape index (κ3) is 3.35. The molecule has 1 aromatic rings. The van der Waals surface area contributed by atoms with Crippen LogP contribution >= 0.6 is 0 Å². The Balaban J connectivity index is 1.90. The Morgan fingerprint density at radius 3 is 2.76 bits per heavy atom. The minimum absolute atomic E-state index is 0.308. The summed E-state index contributed by atoms with van der Waals surface area (Å²) in [5, 5.41) is 14.9. The SMILES string of the molecule is Cc1ccccc1CNC(=O)NC1CCCC1(C)C(=O)O. The van der Waals surface area contributed by atoms with Crippen LogP contribution in [0.3, 0.4) is 0 Å². The van der Waals surface area contributed by atoms with Crippen LogP contribution in [0.2, 0.25) is 0 Å². The van der Waals surface area contributed by atoms with Gasteiger partial charge in [0.25, 0.3) is 0 Å². The Morgan fingerprint density at radius 2 is 2.10 bits per heavy atom. The van der Waals surface area contributed by atoms with Crippen molar-refractivity contribution in [3.63, 3.8) is 0 Å². The number of aryl methyl sites for hydroxylation is 1. The standard InChI is InChI=1S/C16H22N2O3/c1-11-6-3-4-7-12(11)10-17-15(21)18-13-8-5-9-16(13,2)14(19)20/h3-4,6-7,13H,5,8-10H2,1-2H3,(H,19,20)(H2,17,18,21). The number of carboxylic acid groups (broad SMARTS) is 1. The summed E-state index contributed by atoms with van der Waals surface area (Å²) in [6.45, 7) is 4.14. The number of benzene rings is 1. The molecular formula is C16H22N2O3. The molecule has 1 fully saturated rings. The first-order chi connectivity index (χ1) is 9.93. The Morgan fingerprint density at radius 1 is 1.38 bits per heavy atom. The molecule has 1 saturated carbocycles. The number of nitrogens with one attached hydrogen (secondary N) is 2. The predicted molar refractivity (Wildman–Crippen MR) is 79.9 cm³/mol. The first-order valence-electron chi connectivity index (χ1n) is 7.26. The van der Waals surface area contributed by atoms with E-state index < -0.39 is 11.4 Å². The minimum atomic E-state index is -0.861. The number of hydrogen-bond acceptors (Lipinski definition) is 2. The number of hydrogen-bond donors (Lipinski definition) is 3. The molecule has 1 aliphatic rings. The van der Waals surface area contributed by atoms with E-state index in [4.69, 9.17) is 0 Å². The van der Waals surface area contributed by atoms with E-state index in [1.54, 1.807) is 6.92 Å². The summed E-state index contributed by atoms with van der Waals surface area (Å²) in [4.78, 5) is 23.3. The Hall–Kier alpha value is -2.04. The van der Waals surface area contributed by atoms with Crippen molar-refractivity contribution in [3.8, 4) is 0 Å². The zero-order chi connectivity index (χ0) is 15.5. The summed E-state index contributed by atoms with van der Waals surface area (Å²) in [6.07, 6.45) is 2.14. The van der Waals surface area contributed by atoms with Crippen LogP contribution in [0.25, 0.3) is 0 Å². The number of carbonyl (C=O) groups is 2. The van der Waals surface area contributed by atoms with Crippen molar-refractivity contribution in [3.05, 3.63) is 35.4 Å². The van der Waals surface area contributed by atoms with Crippen molar-refractivity contribution in [2.45, 2.75) is 45.7 Å². The second-order valence-electron chi connectivity index (χ2n) is 5.92. The van der Waals surface area contributed by atoms with Crippen LogP contribution in [0.5, 0.6) is 0 Å². The number of carboxylic acids is 1. The van der Waals surface area contributed by atoms with Gasteiger partial charge in [-0.05, 0) is 37.8 Å². The van der Waals surface area contributed by atoms with Gasteiger partial charge in [-0.15, -0.1) is 0 Å². The highest BCUT2D eigenvalue weighted by Gasteiger charge is 2.45. The van der Waals surface area contributed by atoms with E-state index in [0.717, 1.165) is 17.5 Å². The smallest absolute Gasteiger partial charge is 0.315 e. The molecule has 2 unspecified atom stereocenters. The maximum absolute atomic E-state index is 12.0. The van der Waals surface area contributed by atoms with E-state index >= 15 is 0 Å². The highest BCUT2D eigenvalue weighted by Crippen LogP contribution is 2.38. The molecule has 21 heavy (non-hydrogen) atoms. The molecule has 0 aromatic heterocycles. The van der Waals surface area contributed by atoms with Crippen molar-refractivity contribution in [1.82, 2.24) is 10.6 Å². The first kappa shape index (κ1) is 15.4. The van der Waals surface area contributed by atoms with Crippen LogP contribution in [-0.4, -0.2) is 23.1 Å². The summed E-state index contributed by atoms with van der Waals surface area (Å²) in [7, 11) is 0. The van der Waals surface area contributed by atoms with Gasteiger partial charge in [-0.25, -0.2) is 4.79 Å². The van der Waals surface area contributed by atoms with E-state index in [9.17, 15) is 14.7 Å². The third-order valence-corrected chi connectivity index (χ3v) is 4.45. The second kappa shape index (κ2) is 6.16. The number of amides is 2. The van der Waals surface area contributed by atoms with Gasteiger partial charge in [0, 0.05) is 12.6 Å². The van der Waals surface area contributed by atoms with Crippen LogP contribution in [0.15, 0.2) is 24.3 Å². The van der Waals surface area contributed by atoms with Crippen molar-refractivity contribution in [2.24, 2.45) is 5.41 Å². The summed E-state index contributed by atoms with van der Waals surface area (Å²) < 4.78 is 0. The molecule has 1 aliphatic carbocycles. The molecule has 0 saturated heterocycles. The summed E-state index contributed by atoms with van der Waals surface area (Å²) in [5.41, 5.74) is 1.31. The quantitative estimate of drug-likeness (QED) is 0.797. The van der Waals surface area contributed by atoms with E-state index in [2.05, 4.69) is 10.6 Å². The van der Waals surface area contributed by atoms with Gasteiger partial charge in [0.15, 0.2) is 0 Å². The average Bonchev–Trinajstić information content (AvgIpc) is 2.81. The summed E-state index contributed by atoms with van der Waals surface area (Å²) in [5.74, 6) is -0.843. The molecule has 3 N–H and O–H groups in total. The third-order valence-electron chi connectivity index (χ3n) is 4.45. The van der Waals surface area contributed by atoms with Crippen molar-refractivity contribution in [2.75, 3.05) is 0 Å². The van der Waals surface area contributed by atoms with Crippen LogP contribution < -0.4 is 10.6 Å². The molecule has 0 bridgehead atoms. The number of rotatable bonds is 4. The molecule has 5 nitrogen and oxygen atoms in total. The van der Waals surface area contributed by atoms with Crippen molar-refractivity contribution >= 4 is 12.0 Å². The first-order valence-corrected chi connectivity index (χ1v) is 7.26. The second-order valence-corrected chi connectivity index (χ2v) is 5.92. The van der Waals surface area contributed by atoms with Gasteiger partial charge in [0.1, 0.15) is 0 Å². The van der Waals surface area contributed by atoms with Crippen LogP contribution in [-0.2, 0) is 11.3 Å². The predicted octanol–water partition coefficient (Wildman–Crippen LogP) is 2.44. The van der Waals surface area contributed by atoms with Crippen LogP contribution in [0.4, 0.5) is 4.79 Å². The number of urea groups is 1. The van der Waals surface area contributed by atoms with E-state index in [0.29, 0.717) is 19.4 Å². The molecule has 0 radical (unpaired) electrons. The molecule has 1 aromatic carbocycles. The number of carbonyl (C=O) groups excluding carboxylic acids is 1. The lowest BCUT2D eigenvalue weighted by Crippen LogP contribution is -2.50. The molecule has 5 heteroatoms. The largest absolute Gasteiger partial charge is 0.481 e. The van der Waals surface area contributed by atoms with Crippen LogP contribution in [0.1, 0.15) is 37.3 Å². The molecule has 2 rings (SSSR count). The van der Waals surface area contributed by atoms with Crippen molar-refractivity contribution in [1.29, 1.82) is 0 Å².